The molecular weight excluding hydrogens is 270 g/mol. The minimum atomic E-state index is 0.146. The van der Waals surface area contributed by atoms with Crippen LogP contribution in [-0.4, -0.2) is 23.5 Å². The summed E-state index contributed by atoms with van der Waals surface area (Å²) in [6.45, 7) is 2.74. The lowest BCUT2D eigenvalue weighted by Gasteiger charge is -2.12. The number of carbonyl (C=O) groups is 1. The topological polar surface area (TPSA) is 67.2 Å². The van der Waals surface area contributed by atoms with Crippen LogP contribution in [0.5, 0.6) is 0 Å². The van der Waals surface area contributed by atoms with E-state index in [-0.39, 0.29) is 5.91 Å². The van der Waals surface area contributed by atoms with Crippen LogP contribution in [0.2, 0.25) is 0 Å². The number of rotatable bonds is 7. The lowest BCUT2D eigenvalue weighted by atomic mass is 10.1. The minimum absolute atomic E-state index is 0.146. The summed E-state index contributed by atoms with van der Waals surface area (Å²) in [5.41, 5.74) is 8.65. The number of carbonyl (C=O) groups excluding carboxylic acids is 1. The Bertz CT molecular complexity index is 512. The molecule has 108 valence electrons. The molecule has 0 heterocycles. The molecule has 1 aromatic carbocycles. The number of nitrogens with two attached hydrogens (primary N) is 1. The largest absolute Gasteiger partial charge is 0.389 e. The Morgan fingerprint density at radius 1 is 1.45 bits per heavy atom. The van der Waals surface area contributed by atoms with E-state index in [4.69, 9.17) is 18.0 Å². The highest BCUT2D eigenvalue weighted by Gasteiger charge is 2.22. The van der Waals surface area contributed by atoms with Crippen LogP contribution in [0.15, 0.2) is 18.2 Å². The fourth-order valence-electron chi connectivity index (χ4n) is 2.02. The standard InChI is InChI=1S/C15H21N3OS/c1-10-4-7-13(12(9-10)15(16)20)17-8-2-3-14(19)18-11-5-6-11/h4,7,9,11,17H,2-3,5-6,8H2,1H3,(H2,16,20)(H,18,19). The van der Waals surface area contributed by atoms with E-state index in [2.05, 4.69) is 10.6 Å². The number of benzene rings is 1. The summed E-state index contributed by atoms with van der Waals surface area (Å²) >= 11 is 5.06. The molecule has 0 bridgehead atoms. The highest BCUT2D eigenvalue weighted by Crippen LogP contribution is 2.19. The molecule has 1 aromatic rings. The number of amides is 1. The Morgan fingerprint density at radius 2 is 2.20 bits per heavy atom. The van der Waals surface area contributed by atoms with Crippen LogP contribution in [0, 0.1) is 6.92 Å². The predicted molar refractivity (Wildman–Crippen MR) is 86.0 cm³/mol. The molecule has 4 N–H and O–H groups in total. The summed E-state index contributed by atoms with van der Waals surface area (Å²) in [6.07, 6.45) is 3.61. The summed E-state index contributed by atoms with van der Waals surface area (Å²) < 4.78 is 0. The summed E-state index contributed by atoms with van der Waals surface area (Å²) in [5, 5.41) is 6.28. The van der Waals surface area contributed by atoms with Gasteiger partial charge in [-0.05, 0) is 38.3 Å². The summed E-state index contributed by atoms with van der Waals surface area (Å²) in [6, 6.07) is 6.41. The Hall–Kier alpha value is -1.62. The van der Waals surface area contributed by atoms with E-state index in [1.165, 1.54) is 0 Å². The van der Waals surface area contributed by atoms with Gasteiger partial charge in [-0.2, -0.15) is 0 Å². The SMILES string of the molecule is Cc1ccc(NCCCC(=O)NC2CC2)c(C(N)=S)c1. The van der Waals surface area contributed by atoms with E-state index in [1.54, 1.807) is 0 Å². The molecule has 0 radical (unpaired) electrons. The van der Waals surface area contributed by atoms with Gasteiger partial charge in [-0.25, -0.2) is 0 Å². The quantitative estimate of drug-likeness (QED) is 0.531. The molecule has 0 saturated heterocycles. The third-order valence-electron chi connectivity index (χ3n) is 3.28. The molecule has 1 amide bonds. The number of aryl methyl sites for hydroxylation is 1. The van der Waals surface area contributed by atoms with E-state index < -0.39 is 0 Å². The van der Waals surface area contributed by atoms with Crippen molar-refractivity contribution in [3.05, 3.63) is 29.3 Å². The average molecular weight is 291 g/mol. The molecule has 20 heavy (non-hydrogen) atoms. The minimum Gasteiger partial charge on any atom is -0.389 e. The molecule has 2 rings (SSSR count). The smallest absolute Gasteiger partial charge is 0.220 e. The van der Waals surface area contributed by atoms with Gasteiger partial charge in [-0.1, -0.05) is 23.8 Å². The van der Waals surface area contributed by atoms with Gasteiger partial charge < -0.3 is 16.4 Å². The second-order valence-corrected chi connectivity index (χ2v) is 5.73. The van der Waals surface area contributed by atoms with Gasteiger partial charge in [0.05, 0.1) is 0 Å². The number of hydrogen-bond acceptors (Lipinski definition) is 3. The molecule has 4 nitrogen and oxygen atoms in total. The Kier molecular flexibility index (Phi) is 4.95. The molecule has 5 heteroatoms. The predicted octanol–water partition coefficient (Wildman–Crippen LogP) is 2.10. The highest BCUT2D eigenvalue weighted by molar-refractivity contribution is 7.80. The first-order valence-corrected chi connectivity index (χ1v) is 7.41. The van der Waals surface area contributed by atoms with Crippen LogP contribution < -0.4 is 16.4 Å². The van der Waals surface area contributed by atoms with Gasteiger partial charge in [0.2, 0.25) is 5.91 Å². The van der Waals surface area contributed by atoms with Gasteiger partial charge in [0.1, 0.15) is 4.99 Å². The summed E-state index contributed by atoms with van der Waals surface area (Å²) in [4.78, 5) is 11.9. The fourth-order valence-corrected chi connectivity index (χ4v) is 2.18. The van der Waals surface area contributed by atoms with Gasteiger partial charge in [0.25, 0.3) is 0 Å². The van der Waals surface area contributed by atoms with Crippen molar-refractivity contribution in [2.45, 2.75) is 38.6 Å². The molecule has 1 saturated carbocycles. The second-order valence-electron chi connectivity index (χ2n) is 5.29. The van der Waals surface area contributed by atoms with E-state index in [1.807, 2.05) is 25.1 Å². The van der Waals surface area contributed by atoms with Gasteiger partial charge in [0, 0.05) is 30.3 Å². The lowest BCUT2D eigenvalue weighted by molar-refractivity contribution is -0.121. The normalized spacial score (nSPS) is 13.8. The first-order chi connectivity index (χ1) is 9.56. The second kappa shape index (κ2) is 6.70. The summed E-state index contributed by atoms with van der Waals surface area (Å²) in [5.74, 6) is 0.146. The van der Waals surface area contributed by atoms with Gasteiger partial charge in [0.15, 0.2) is 0 Å². The molecule has 0 unspecified atom stereocenters. The zero-order valence-corrected chi connectivity index (χ0v) is 12.6. The van der Waals surface area contributed by atoms with Crippen molar-refractivity contribution in [1.82, 2.24) is 5.32 Å². The van der Waals surface area contributed by atoms with E-state index >= 15 is 0 Å². The Labute approximate surface area is 125 Å². The van der Waals surface area contributed by atoms with Crippen LogP contribution in [0.1, 0.15) is 36.8 Å². The monoisotopic (exact) mass is 291 g/mol. The van der Waals surface area contributed by atoms with Crippen molar-refractivity contribution in [2.24, 2.45) is 5.73 Å². The first-order valence-electron chi connectivity index (χ1n) is 7.00. The average Bonchev–Trinajstić information content (AvgIpc) is 3.19. The van der Waals surface area contributed by atoms with Crippen LogP contribution in [0.4, 0.5) is 5.69 Å². The van der Waals surface area contributed by atoms with Crippen LogP contribution in [-0.2, 0) is 4.79 Å². The van der Waals surface area contributed by atoms with Crippen molar-refractivity contribution in [2.75, 3.05) is 11.9 Å². The molecular formula is C15H21N3OS. The van der Waals surface area contributed by atoms with Crippen molar-refractivity contribution in [3.63, 3.8) is 0 Å². The number of hydrogen-bond donors (Lipinski definition) is 3. The zero-order chi connectivity index (χ0) is 14.5. The number of nitrogens with one attached hydrogen (secondary N) is 2. The summed E-state index contributed by atoms with van der Waals surface area (Å²) in [7, 11) is 0. The van der Waals surface area contributed by atoms with Gasteiger partial charge >= 0.3 is 0 Å². The van der Waals surface area contributed by atoms with E-state index in [0.29, 0.717) is 17.5 Å². The van der Waals surface area contributed by atoms with Crippen molar-refractivity contribution >= 4 is 28.8 Å². The third kappa shape index (κ3) is 4.49. The molecule has 0 atom stereocenters. The first kappa shape index (κ1) is 14.8. The van der Waals surface area contributed by atoms with Crippen LogP contribution >= 0.6 is 12.2 Å². The van der Waals surface area contributed by atoms with Crippen molar-refractivity contribution in [3.8, 4) is 0 Å². The Balaban J connectivity index is 1.78. The van der Waals surface area contributed by atoms with E-state index in [0.717, 1.165) is 42.6 Å². The lowest BCUT2D eigenvalue weighted by Crippen LogP contribution is -2.25. The fraction of sp³-hybridized carbons (Fsp3) is 0.467. The molecule has 0 aromatic heterocycles. The maximum atomic E-state index is 11.5. The van der Waals surface area contributed by atoms with E-state index in [9.17, 15) is 4.79 Å². The Morgan fingerprint density at radius 3 is 2.85 bits per heavy atom. The highest BCUT2D eigenvalue weighted by atomic mass is 32.1. The van der Waals surface area contributed by atoms with Gasteiger partial charge in [-0.3, -0.25) is 4.79 Å². The van der Waals surface area contributed by atoms with Gasteiger partial charge in [-0.15, -0.1) is 0 Å². The molecule has 1 aliphatic carbocycles. The maximum absolute atomic E-state index is 11.5. The molecule has 1 fully saturated rings. The van der Waals surface area contributed by atoms with Crippen LogP contribution in [0.3, 0.4) is 0 Å². The number of thiocarbonyl (C=S) groups is 1. The number of anilines is 1. The molecule has 0 aliphatic heterocycles. The van der Waals surface area contributed by atoms with Crippen molar-refractivity contribution < 1.29 is 4.79 Å². The maximum Gasteiger partial charge on any atom is 0.220 e. The molecule has 0 spiro atoms. The van der Waals surface area contributed by atoms with Crippen LogP contribution in [0.25, 0.3) is 0 Å². The third-order valence-corrected chi connectivity index (χ3v) is 3.50. The molecule has 1 aliphatic rings. The zero-order valence-electron chi connectivity index (χ0n) is 11.7. The van der Waals surface area contributed by atoms with Crippen molar-refractivity contribution in [1.29, 1.82) is 0 Å².